The van der Waals surface area contributed by atoms with Gasteiger partial charge < -0.3 is 9.84 Å². The van der Waals surface area contributed by atoms with Crippen LogP contribution < -0.4 is 5.32 Å². The summed E-state index contributed by atoms with van der Waals surface area (Å²) in [4.78, 5) is 11.2. The molecule has 1 atom stereocenters. The van der Waals surface area contributed by atoms with Gasteiger partial charge in [0.05, 0.1) is 11.7 Å². The molecule has 4 heteroatoms. The summed E-state index contributed by atoms with van der Waals surface area (Å²) in [7, 11) is 0. The molecule has 0 radical (unpaired) electrons. The number of Topliss-reactive ketones (excluding diaryl/α,β-unsaturated/α-hetero) is 1. The van der Waals surface area contributed by atoms with Crippen molar-refractivity contribution in [3.8, 4) is 0 Å². The normalized spacial score (nSPS) is 12.2. The van der Waals surface area contributed by atoms with Gasteiger partial charge in [-0.05, 0) is 52.0 Å². The van der Waals surface area contributed by atoms with Gasteiger partial charge in [0.25, 0.3) is 0 Å². The quantitative estimate of drug-likeness (QED) is 0.850. The predicted molar refractivity (Wildman–Crippen MR) is 74.5 cm³/mol. The third-order valence-corrected chi connectivity index (χ3v) is 3.20. The lowest BCUT2D eigenvalue weighted by Crippen LogP contribution is -2.08. The summed E-state index contributed by atoms with van der Waals surface area (Å²) in [6.07, 6.45) is 0. The number of anilines is 1. The molecule has 19 heavy (non-hydrogen) atoms. The van der Waals surface area contributed by atoms with Crippen molar-refractivity contribution in [1.29, 1.82) is 0 Å². The van der Waals surface area contributed by atoms with Crippen LogP contribution in [0.25, 0.3) is 0 Å². The van der Waals surface area contributed by atoms with E-state index in [1.54, 1.807) is 6.92 Å². The minimum Gasteiger partial charge on any atom is -0.378 e. The fourth-order valence-electron chi connectivity index (χ4n) is 2.23. The smallest absolute Gasteiger partial charge is 0.159 e. The van der Waals surface area contributed by atoms with Gasteiger partial charge in [-0.15, -0.1) is 0 Å². The Kier molecular flexibility index (Phi) is 3.69. The van der Waals surface area contributed by atoms with Crippen molar-refractivity contribution in [2.24, 2.45) is 0 Å². The van der Waals surface area contributed by atoms with E-state index in [1.807, 2.05) is 38.1 Å². The number of aromatic nitrogens is 1. The van der Waals surface area contributed by atoms with E-state index in [1.165, 1.54) is 0 Å². The molecule has 0 saturated carbocycles. The number of ketones is 1. The highest BCUT2D eigenvalue weighted by atomic mass is 16.5. The van der Waals surface area contributed by atoms with Gasteiger partial charge in [0.15, 0.2) is 5.78 Å². The molecule has 0 fully saturated rings. The maximum absolute atomic E-state index is 11.2. The lowest BCUT2D eigenvalue weighted by molar-refractivity contribution is 0.101. The first-order chi connectivity index (χ1) is 8.99. The molecule has 0 amide bonds. The number of rotatable bonds is 4. The van der Waals surface area contributed by atoms with Crippen LogP contribution in [0.15, 0.2) is 28.8 Å². The van der Waals surface area contributed by atoms with Crippen molar-refractivity contribution in [1.82, 2.24) is 5.16 Å². The van der Waals surface area contributed by atoms with Crippen molar-refractivity contribution >= 4 is 11.5 Å². The number of benzene rings is 1. The van der Waals surface area contributed by atoms with Crippen LogP contribution >= 0.6 is 0 Å². The van der Waals surface area contributed by atoms with Gasteiger partial charge in [-0.3, -0.25) is 4.79 Å². The Labute approximate surface area is 112 Å². The summed E-state index contributed by atoms with van der Waals surface area (Å²) in [6.45, 7) is 7.47. The van der Waals surface area contributed by atoms with Gasteiger partial charge in [0, 0.05) is 16.8 Å². The second kappa shape index (κ2) is 5.26. The zero-order chi connectivity index (χ0) is 14.0. The molecule has 0 aliphatic rings. The lowest BCUT2D eigenvalue weighted by atomic mass is 10.1. The Hall–Kier alpha value is -2.10. The Bertz CT molecular complexity index is 565. The van der Waals surface area contributed by atoms with Gasteiger partial charge in [0.1, 0.15) is 5.76 Å². The molecule has 1 aromatic heterocycles. The van der Waals surface area contributed by atoms with Crippen molar-refractivity contribution < 1.29 is 9.32 Å². The average molecular weight is 258 g/mol. The number of hydrogen-bond acceptors (Lipinski definition) is 4. The van der Waals surface area contributed by atoms with E-state index in [0.29, 0.717) is 0 Å². The van der Waals surface area contributed by atoms with Gasteiger partial charge in [0.2, 0.25) is 0 Å². The van der Waals surface area contributed by atoms with Crippen LogP contribution in [-0.4, -0.2) is 10.9 Å². The summed E-state index contributed by atoms with van der Waals surface area (Å²) in [6, 6.07) is 7.57. The van der Waals surface area contributed by atoms with Crippen LogP contribution in [0.1, 0.15) is 47.3 Å². The largest absolute Gasteiger partial charge is 0.378 e. The van der Waals surface area contributed by atoms with Crippen LogP contribution in [0.3, 0.4) is 0 Å². The first-order valence-electron chi connectivity index (χ1n) is 6.29. The average Bonchev–Trinajstić information content (AvgIpc) is 2.69. The van der Waals surface area contributed by atoms with Crippen LogP contribution in [0.4, 0.5) is 5.69 Å². The number of carbonyl (C=O) groups excluding carboxylic acids is 1. The number of nitrogens with zero attached hydrogens (tertiary/aromatic N) is 1. The fourth-order valence-corrected chi connectivity index (χ4v) is 2.23. The molecule has 0 spiro atoms. The molecule has 1 unspecified atom stereocenters. The van der Waals surface area contributed by atoms with Gasteiger partial charge in [-0.25, -0.2) is 0 Å². The zero-order valence-corrected chi connectivity index (χ0v) is 11.7. The summed E-state index contributed by atoms with van der Waals surface area (Å²) in [5.41, 5.74) is 3.67. The highest BCUT2D eigenvalue weighted by Crippen LogP contribution is 2.25. The Morgan fingerprint density at radius 1 is 1.26 bits per heavy atom. The third-order valence-electron chi connectivity index (χ3n) is 3.20. The van der Waals surface area contributed by atoms with E-state index in [9.17, 15) is 4.79 Å². The van der Waals surface area contributed by atoms with Crippen LogP contribution in [0, 0.1) is 13.8 Å². The van der Waals surface area contributed by atoms with E-state index in [4.69, 9.17) is 4.52 Å². The van der Waals surface area contributed by atoms with E-state index in [0.717, 1.165) is 28.3 Å². The number of nitrogens with one attached hydrogen (secondary N) is 1. The molecule has 1 heterocycles. The van der Waals surface area contributed by atoms with Crippen LogP contribution in [-0.2, 0) is 0 Å². The molecule has 0 bridgehead atoms. The number of hydrogen-bond donors (Lipinski definition) is 1. The molecule has 2 aromatic rings. The minimum absolute atomic E-state index is 0.0744. The topological polar surface area (TPSA) is 55.1 Å². The summed E-state index contributed by atoms with van der Waals surface area (Å²) >= 11 is 0. The molecule has 0 aliphatic heterocycles. The van der Waals surface area contributed by atoms with E-state index >= 15 is 0 Å². The molecular weight excluding hydrogens is 240 g/mol. The Morgan fingerprint density at radius 2 is 1.89 bits per heavy atom. The maximum Gasteiger partial charge on any atom is 0.159 e. The first kappa shape index (κ1) is 13.3. The second-order valence-electron chi connectivity index (χ2n) is 4.74. The summed E-state index contributed by atoms with van der Waals surface area (Å²) in [5, 5.41) is 7.34. The molecule has 0 saturated heterocycles. The minimum atomic E-state index is 0.0744. The molecule has 0 aliphatic carbocycles. The van der Waals surface area contributed by atoms with Gasteiger partial charge in [-0.2, -0.15) is 0 Å². The van der Waals surface area contributed by atoms with Crippen molar-refractivity contribution in [3.63, 3.8) is 0 Å². The molecule has 1 aromatic carbocycles. The Balaban J connectivity index is 2.15. The third kappa shape index (κ3) is 2.84. The second-order valence-corrected chi connectivity index (χ2v) is 4.74. The summed E-state index contributed by atoms with van der Waals surface area (Å²) in [5.74, 6) is 0.906. The molecule has 1 N–H and O–H groups in total. The number of aryl methyl sites for hydroxylation is 2. The van der Waals surface area contributed by atoms with Gasteiger partial charge >= 0.3 is 0 Å². The van der Waals surface area contributed by atoms with Crippen molar-refractivity contribution in [2.75, 3.05) is 5.32 Å². The highest BCUT2D eigenvalue weighted by molar-refractivity contribution is 5.94. The monoisotopic (exact) mass is 258 g/mol. The van der Waals surface area contributed by atoms with E-state index in [2.05, 4.69) is 17.4 Å². The van der Waals surface area contributed by atoms with Crippen LogP contribution in [0.2, 0.25) is 0 Å². The molecular formula is C15H18N2O2. The summed E-state index contributed by atoms with van der Waals surface area (Å²) < 4.78 is 5.17. The first-order valence-corrected chi connectivity index (χ1v) is 6.29. The number of carbonyl (C=O) groups is 1. The van der Waals surface area contributed by atoms with E-state index in [-0.39, 0.29) is 11.8 Å². The van der Waals surface area contributed by atoms with Crippen molar-refractivity contribution in [3.05, 3.63) is 46.8 Å². The van der Waals surface area contributed by atoms with E-state index < -0.39 is 0 Å². The standard InChI is InChI=1S/C15H18N2O2/c1-9(15-10(2)17-19-12(15)4)16-14-7-5-13(6-8-14)11(3)18/h5-9,16H,1-4H3. The molecule has 4 nitrogen and oxygen atoms in total. The SMILES string of the molecule is CC(=O)c1ccc(NC(C)c2c(C)noc2C)cc1. The zero-order valence-electron chi connectivity index (χ0n) is 11.7. The fraction of sp³-hybridized carbons (Fsp3) is 0.333. The Morgan fingerprint density at radius 3 is 2.37 bits per heavy atom. The molecule has 100 valence electrons. The lowest BCUT2D eigenvalue weighted by Gasteiger charge is -2.15. The highest BCUT2D eigenvalue weighted by Gasteiger charge is 2.16. The molecule has 2 rings (SSSR count). The van der Waals surface area contributed by atoms with Crippen LogP contribution in [0.5, 0.6) is 0 Å². The maximum atomic E-state index is 11.2. The predicted octanol–water partition coefficient (Wildman–Crippen LogP) is 3.67. The van der Waals surface area contributed by atoms with Gasteiger partial charge in [-0.1, -0.05) is 5.16 Å². The van der Waals surface area contributed by atoms with Crippen molar-refractivity contribution in [2.45, 2.75) is 33.7 Å².